The average molecular weight is 311 g/mol. The van der Waals surface area contributed by atoms with Gasteiger partial charge in [0.15, 0.2) is 0 Å². The molecule has 1 aliphatic rings. The predicted octanol–water partition coefficient (Wildman–Crippen LogP) is 2.94. The molecule has 0 bridgehead atoms. The van der Waals surface area contributed by atoms with Crippen LogP contribution in [0.1, 0.15) is 35.1 Å². The number of alkyl halides is 1. The number of carbonyl (C=O) groups excluding carboxylic acids is 1. The Hall–Kier alpha value is -0.900. The summed E-state index contributed by atoms with van der Waals surface area (Å²) in [6.07, 6.45) is 1.06. The fourth-order valence-corrected chi connectivity index (χ4v) is 2.90. The molecule has 4 heteroatoms. The molecule has 2 heterocycles. The first-order valence-electron chi connectivity index (χ1n) is 6.36. The minimum atomic E-state index is 0.108. The molecule has 3 nitrogen and oxygen atoms in total. The van der Waals surface area contributed by atoms with Crippen LogP contribution >= 0.6 is 15.9 Å². The van der Waals surface area contributed by atoms with Gasteiger partial charge in [0.25, 0.3) is 5.91 Å². The molecule has 0 saturated carbocycles. The Morgan fingerprint density at radius 3 is 2.78 bits per heavy atom. The average Bonchev–Trinajstić information content (AvgIpc) is 2.32. The van der Waals surface area contributed by atoms with Gasteiger partial charge in [0, 0.05) is 23.6 Å². The smallest absolute Gasteiger partial charge is 0.255 e. The molecule has 1 aliphatic heterocycles. The molecule has 0 aliphatic carbocycles. The highest BCUT2D eigenvalue weighted by Gasteiger charge is 2.28. The second-order valence-corrected chi connectivity index (χ2v) is 6.29. The number of rotatable bonds is 1. The fraction of sp³-hybridized carbons (Fsp3) is 0.571. The molecule has 2 unspecified atom stereocenters. The van der Waals surface area contributed by atoms with Crippen molar-refractivity contribution < 1.29 is 4.79 Å². The summed E-state index contributed by atoms with van der Waals surface area (Å²) in [5.74, 6) is 0.739. The van der Waals surface area contributed by atoms with Gasteiger partial charge in [-0.2, -0.15) is 0 Å². The zero-order valence-corrected chi connectivity index (χ0v) is 12.7. The van der Waals surface area contributed by atoms with Gasteiger partial charge in [-0.15, -0.1) is 0 Å². The van der Waals surface area contributed by atoms with Crippen LogP contribution in [0.15, 0.2) is 12.1 Å². The first-order valence-corrected chi connectivity index (χ1v) is 7.28. The number of likely N-dealkylation sites (tertiary alicyclic amines) is 1. The van der Waals surface area contributed by atoms with Gasteiger partial charge >= 0.3 is 0 Å². The minimum Gasteiger partial charge on any atom is -0.337 e. The maximum atomic E-state index is 12.4. The topological polar surface area (TPSA) is 33.2 Å². The van der Waals surface area contributed by atoms with Crippen LogP contribution in [0.2, 0.25) is 0 Å². The van der Waals surface area contributed by atoms with Crippen molar-refractivity contribution in [1.82, 2.24) is 9.88 Å². The number of amides is 1. The number of nitrogens with zero attached hydrogens (tertiary/aromatic N) is 2. The van der Waals surface area contributed by atoms with Gasteiger partial charge in [-0.3, -0.25) is 9.78 Å². The van der Waals surface area contributed by atoms with Crippen molar-refractivity contribution >= 4 is 21.8 Å². The lowest BCUT2D eigenvalue weighted by Crippen LogP contribution is -2.43. The van der Waals surface area contributed by atoms with Crippen molar-refractivity contribution in [3.8, 4) is 0 Å². The molecule has 18 heavy (non-hydrogen) atoms. The summed E-state index contributed by atoms with van der Waals surface area (Å²) in [6.45, 7) is 7.69. The van der Waals surface area contributed by atoms with Crippen LogP contribution in [-0.4, -0.2) is 33.7 Å². The maximum absolute atomic E-state index is 12.4. The number of hydrogen-bond acceptors (Lipinski definition) is 2. The van der Waals surface area contributed by atoms with Crippen LogP contribution in [0.4, 0.5) is 0 Å². The zero-order chi connectivity index (χ0) is 13.3. The lowest BCUT2D eigenvalue weighted by atomic mass is 9.98. The predicted molar refractivity (Wildman–Crippen MR) is 76.1 cm³/mol. The van der Waals surface area contributed by atoms with E-state index in [0.717, 1.165) is 36.5 Å². The van der Waals surface area contributed by atoms with Gasteiger partial charge in [-0.1, -0.05) is 22.9 Å². The van der Waals surface area contributed by atoms with Crippen molar-refractivity contribution in [2.75, 3.05) is 13.1 Å². The van der Waals surface area contributed by atoms with E-state index in [2.05, 4.69) is 27.8 Å². The lowest BCUT2D eigenvalue weighted by molar-refractivity contribution is 0.0704. The van der Waals surface area contributed by atoms with E-state index >= 15 is 0 Å². The third-order valence-electron chi connectivity index (χ3n) is 3.61. The Bertz CT molecular complexity index is 461. The monoisotopic (exact) mass is 310 g/mol. The first kappa shape index (κ1) is 13.5. The molecular formula is C14H19BrN2O. The molecule has 1 aromatic rings. The Kier molecular flexibility index (Phi) is 4.05. The molecule has 0 N–H and O–H groups in total. The Labute approximate surface area is 117 Å². The summed E-state index contributed by atoms with van der Waals surface area (Å²) in [7, 11) is 0. The van der Waals surface area contributed by atoms with E-state index in [9.17, 15) is 4.79 Å². The van der Waals surface area contributed by atoms with Gasteiger partial charge in [0.05, 0.1) is 11.3 Å². The minimum absolute atomic E-state index is 0.108. The summed E-state index contributed by atoms with van der Waals surface area (Å²) < 4.78 is 0. The summed E-state index contributed by atoms with van der Waals surface area (Å²) in [5.41, 5.74) is 2.51. The molecule has 2 atom stereocenters. The van der Waals surface area contributed by atoms with Crippen LogP contribution < -0.4 is 0 Å². The summed E-state index contributed by atoms with van der Waals surface area (Å²) in [5, 5.41) is 0. The number of aryl methyl sites for hydroxylation is 2. The highest BCUT2D eigenvalue weighted by molar-refractivity contribution is 9.09. The largest absolute Gasteiger partial charge is 0.337 e. The second-order valence-electron chi connectivity index (χ2n) is 5.12. The number of aromatic nitrogens is 1. The molecule has 1 saturated heterocycles. The van der Waals surface area contributed by atoms with E-state index in [1.807, 2.05) is 30.9 Å². The number of piperidine rings is 1. The van der Waals surface area contributed by atoms with Gasteiger partial charge in [-0.05, 0) is 38.3 Å². The molecule has 1 amide bonds. The molecule has 1 aromatic heterocycles. The van der Waals surface area contributed by atoms with Crippen LogP contribution in [-0.2, 0) is 0 Å². The molecule has 98 valence electrons. The van der Waals surface area contributed by atoms with E-state index in [1.54, 1.807) is 0 Å². The van der Waals surface area contributed by atoms with Crippen molar-refractivity contribution in [3.05, 3.63) is 29.1 Å². The van der Waals surface area contributed by atoms with Gasteiger partial charge in [0.2, 0.25) is 0 Å². The van der Waals surface area contributed by atoms with E-state index in [1.165, 1.54) is 0 Å². The van der Waals surface area contributed by atoms with Crippen LogP contribution in [0, 0.1) is 19.8 Å². The zero-order valence-electron chi connectivity index (χ0n) is 11.1. The van der Waals surface area contributed by atoms with Crippen molar-refractivity contribution in [1.29, 1.82) is 0 Å². The van der Waals surface area contributed by atoms with Crippen molar-refractivity contribution in [2.24, 2.45) is 5.92 Å². The quantitative estimate of drug-likeness (QED) is 0.747. The van der Waals surface area contributed by atoms with E-state index < -0.39 is 0 Å². The number of pyridine rings is 1. The Morgan fingerprint density at radius 1 is 1.44 bits per heavy atom. The SMILES string of the molecule is Cc1ccc(C(=O)N2CCC(C)C(Br)C2)c(C)n1. The fourth-order valence-electron chi connectivity index (χ4n) is 2.29. The van der Waals surface area contributed by atoms with Gasteiger partial charge in [0.1, 0.15) is 0 Å². The summed E-state index contributed by atoms with van der Waals surface area (Å²) in [6, 6.07) is 3.79. The second kappa shape index (κ2) is 5.39. The van der Waals surface area contributed by atoms with E-state index in [-0.39, 0.29) is 5.91 Å². The Morgan fingerprint density at radius 2 is 2.17 bits per heavy atom. The van der Waals surface area contributed by atoms with Crippen molar-refractivity contribution in [3.63, 3.8) is 0 Å². The van der Waals surface area contributed by atoms with Crippen molar-refractivity contribution in [2.45, 2.75) is 32.0 Å². The third kappa shape index (κ3) is 2.74. The van der Waals surface area contributed by atoms with Crippen LogP contribution in [0.3, 0.4) is 0 Å². The normalized spacial score (nSPS) is 24.1. The molecule has 1 fully saturated rings. The van der Waals surface area contributed by atoms with Crippen LogP contribution in [0.5, 0.6) is 0 Å². The Balaban J connectivity index is 2.16. The molecule has 0 radical (unpaired) electrons. The standard InChI is InChI=1S/C14H19BrN2O/c1-9-6-7-17(8-13(9)15)14(18)12-5-4-10(2)16-11(12)3/h4-5,9,13H,6-8H2,1-3H3. The van der Waals surface area contributed by atoms with E-state index in [0.29, 0.717) is 10.7 Å². The number of hydrogen-bond donors (Lipinski definition) is 0. The summed E-state index contributed by atoms with van der Waals surface area (Å²) >= 11 is 3.66. The molecule has 2 rings (SSSR count). The summed E-state index contributed by atoms with van der Waals surface area (Å²) in [4.78, 5) is 19.1. The molecule has 0 spiro atoms. The highest BCUT2D eigenvalue weighted by atomic mass is 79.9. The number of carbonyl (C=O) groups is 1. The molecule has 0 aromatic carbocycles. The first-order chi connectivity index (χ1) is 8.49. The molecular weight excluding hydrogens is 292 g/mol. The van der Waals surface area contributed by atoms with Gasteiger partial charge in [-0.25, -0.2) is 0 Å². The van der Waals surface area contributed by atoms with E-state index in [4.69, 9.17) is 0 Å². The van der Waals surface area contributed by atoms with Gasteiger partial charge < -0.3 is 4.90 Å². The third-order valence-corrected chi connectivity index (χ3v) is 4.80. The maximum Gasteiger partial charge on any atom is 0.255 e. The number of halogens is 1. The van der Waals surface area contributed by atoms with Crippen LogP contribution in [0.25, 0.3) is 0 Å². The lowest BCUT2D eigenvalue weighted by Gasteiger charge is -2.34. The highest BCUT2D eigenvalue weighted by Crippen LogP contribution is 2.24.